The van der Waals surface area contributed by atoms with E-state index in [1.54, 1.807) is 0 Å². The molecular weight excluding hydrogens is 495 g/mol. The standard InChI is InChI=1S/C17H27BrN6.HI/c1-12-16(13(2)24(6)21-12)7-8-20-17(19-3)23(5)11-15-9-14(18)10-22(15)4;/h9-10H,7-8,11H2,1-6H3,(H,19,20);1H. The number of hydrogen-bond acceptors (Lipinski definition) is 2. The highest BCUT2D eigenvalue weighted by Gasteiger charge is 2.12. The van der Waals surface area contributed by atoms with E-state index in [9.17, 15) is 0 Å². The molecule has 25 heavy (non-hydrogen) atoms. The summed E-state index contributed by atoms with van der Waals surface area (Å²) in [5.74, 6) is 0.895. The summed E-state index contributed by atoms with van der Waals surface area (Å²) in [7, 11) is 7.92. The Morgan fingerprint density at radius 2 is 2.04 bits per heavy atom. The zero-order valence-corrected chi connectivity index (χ0v) is 19.7. The third kappa shape index (κ3) is 5.47. The predicted molar refractivity (Wildman–Crippen MR) is 118 cm³/mol. The van der Waals surface area contributed by atoms with Gasteiger partial charge in [-0.2, -0.15) is 5.10 Å². The van der Waals surface area contributed by atoms with Gasteiger partial charge in [-0.15, -0.1) is 24.0 Å². The summed E-state index contributed by atoms with van der Waals surface area (Å²) >= 11 is 3.52. The van der Waals surface area contributed by atoms with Gasteiger partial charge in [0.15, 0.2) is 5.96 Å². The molecule has 0 aliphatic rings. The fraction of sp³-hybridized carbons (Fsp3) is 0.529. The number of hydrogen-bond donors (Lipinski definition) is 1. The molecule has 0 aliphatic heterocycles. The van der Waals surface area contributed by atoms with Crippen LogP contribution in [0.1, 0.15) is 22.6 Å². The summed E-state index contributed by atoms with van der Waals surface area (Å²) in [6, 6.07) is 2.13. The largest absolute Gasteiger partial charge is 0.356 e. The van der Waals surface area contributed by atoms with Crippen LogP contribution in [0.4, 0.5) is 0 Å². The number of aliphatic imine (C=N–C) groups is 1. The minimum atomic E-state index is 0. The van der Waals surface area contributed by atoms with E-state index in [0.29, 0.717) is 0 Å². The number of nitrogens with one attached hydrogen (secondary N) is 1. The molecule has 2 aromatic heterocycles. The van der Waals surface area contributed by atoms with Gasteiger partial charge in [-0.05, 0) is 47.8 Å². The van der Waals surface area contributed by atoms with E-state index in [4.69, 9.17) is 0 Å². The fourth-order valence-corrected chi connectivity index (χ4v) is 3.48. The van der Waals surface area contributed by atoms with E-state index < -0.39 is 0 Å². The van der Waals surface area contributed by atoms with Crippen molar-refractivity contribution >= 4 is 45.9 Å². The van der Waals surface area contributed by atoms with Crippen molar-refractivity contribution in [2.75, 3.05) is 20.6 Å². The summed E-state index contributed by atoms with van der Waals surface area (Å²) in [5.41, 5.74) is 4.88. The lowest BCUT2D eigenvalue weighted by Gasteiger charge is -2.22. The Balaban J connectivity index is 0.00000312. The van der Waals surface area contributed by atoms with E-state index in [-0.39, 0.29) is 24.0 Å². The number of rotatable bonds is 5. The van der Waals surface area contributed by atoms with Crippen molar-refractivity contribution in [2.45, 2.75) is 26.8 Å². The molecule has 2 heterocycles. The van der Waals surface area contributed by atoms with Gasteiger partial charge in [0.1, 0.15) is 0 Å². The van der Waals surface area contributed by atoms with E-state index in [2.05, 4.69) is 81.0 Å². The molecule has 2 rings (SSSR count). The molecule has 0 unspecified atom stereocenters. The summed E-state index contributed by atoms with van der Waals surface area (Å²) < 4.78 is 5.16. The Kier molecular flexibility index (Phi) is 8.46. The number of nitrogens with zero attached hydrogens (tertiary/aromatic N) is 5. The molecular formula is C17H28BrIN6. The summed E-state index contributed by atoms with van der Waals surface area (Å²) in [6.07, 6.45) is 3.00. The third-order valence-corrected chi connectivity index (χ3v) is 4.80. The van der Waals surface area contributed by atoms with Gasteiger partial charge >= 0.3 is 0 Å². The Morgan fingerprint density at radius 1 is 1.36 bits per heavy atom. The van der Waals surface area contributed by atoms with Crippen LogP contribution in [-0.4, -0.2) is 45.8 Å². The highest BCUT2D eigenvalue weighted by molar-refractivity contribution is 14.0. The third-order valence-electron chi connectivity index (χ3n) is 4.36. The van der Waals surface area contributed by atoms with Gasteiger partial charge in [-0.1, -0.05) is 0 Å². The van der Waals surface area contributed by atoms with Crippen LogP contribution in [-0.2, 0) is 27.1 Å². The van der Waals surface area contributed by atoms with Gasteiger partial charge in [-0.25, -0.2) is 0 Å². The zero-order chi connectivity index (χ0) is 17.9. The van der Waals surface area contributed by atoms with Crippen LogP contribution in [0.3, 0.4) is 0 Å². The first kappa shape index (κ1) is 22.0. The number of halogens is 2. The smallest absolute Gasteiger partial charge is 0.193 e. The first-order valence-electron chi connectivity index (χ1n) is 8.05. The number of aryl methyl sites for hydroxylation is 3. The molecule has 0 radical (unpaired) electrons. The van der Waals surface area contributed by atoms with Gasteiger partial charge in [0.05, 0.1) is 12.2 Å². The molecule has 0 aliphatic carbocycles. The Labute approximate surface area is 175 Å². The lowest BCUT2D eigenvalue weighted by molar-refractivity contribution is 0.462. The van der Waals surface area contributed by atoms with Crippen molar-refractivity contribution in [2.24, 2.45) is 19.1 Å². The van der Waals surface area contributed by atoms with Crippen molar-refractivity contribution in [3.8, 4) is 0 Å². The average molecular weight is 523 g/mol. The Hall–Kier alpha value is -1.03. The molecule has 140 valence electrons. The van der Waals surface area contributed by atoms with Crippen molar-refractivity contribution in [1.29, 1.82) is 0 Å². The van der Waals surface area contributed by atoms with Crippen LogP contribution in [0.5, 0.6) is 0 Å². The summed E-state index contributed by atoms with van der Waals surface area (Å²) in [6.45, 7) is 5.81. The Morgan fingerprint density at radius 3 is 2.52 bits per heavy atom. The molecule has 0 amide bonds. The molecule has 0 bridgehead atoms. The maximum absolute atomic E-state index is 4.47. The molecule has 8 heteroatoms. The van der Waals surface area contributed by atoms with Crippen LogP contribution < -0.4 is 5.32 Å². The van der Waals surface area contributed by atoms with Crippen LogP contribution in [0.15, 0.2) is 21.7 Å². The van der Waals surface area contributed by atoms with Gasteiger partial charge < -0.3 is 14.8 Å². The molecule has 0 fully saturated rings. The van der Waals surface area contributed by atoms with Gasteiger partial charge in [0, 0.05) is 56.8 Å². The molecule has 1 N–H and O–H groups in total. The normalized spacial score (nSPS) is 11.4. The number of guanidine groups is 1. The molecule has 0 spiro atoms. The van der Waals surface area contributed by atoms with Crippen molar-refractivity contribution in [1.82, 2.24) is 24.6 Å². The van der Waals surface area contributed by atoms with Crippen molar-refractivity contribution in [3.63, 3.8) is 0 Å². The van der Waals surface area contributed by atoms with Crippen LogP contribution >= 0.6 is 39.9 Å². The van der Waals surface area contributed by atoms with E-state index in [0.717, 1.165) is 35.6 Å². The molecule has 0 saturated heterocycles. The SMILES string of the molecule is CN=C(NCCc1c(C)nn(C)c1C)N(C)Cc1cc(Br)cn1C.I. The second kappa shape index (κ2) is 9.61. The minimum Gasteiger partial charge on any atom is -0.356 e. The first-order valence-corrected chi connectivity index (χ1v) is 8.84. The molecule has 0 aromatic carbocycles. The van der Waals surface area contributed by atoms with Gasteiger partial charge in [0.25, 0.3) is 0 Å². The molecule has 0 saturated carbocycles. The molecule has 6 nitrogen and oxygen atoms in total. The van der Waals surface area contributed by atoms with E-state index in [1.165, 1.54) is 17.0 Å². The zero-order valence-electron chi connectivity index (χ0n) is 15.8. The second-order valence-electron chi connectivity index (χ2n) is 6.11. The summed E-state index contributed by atoms with van der Waals surface area (Å²) in [4.78, 5) is 6.52. The van der Waals surface area contributed by atoms with E-state index >= 15 is 0 Å². The minimum absolute atomic E-state index is 0. The monoisotopic (exact) mass is 522 g/mol. The highest BCUT2D eigenvalue weighted by Crippen LogP contribution is 2.15. The summed E-state index contributed by atoms with van der Waals surface area (Å²) in [5, 5.41) is 7.92. The maximum Gasteiger partial charge on any atom is 0.193 e. The number of aromatic nitrogens is 3. The molecule has 0 atom stereocenters. The van der Waals surface area contributed by atoms with Crippen LogP contribution in [0.25, 0.3) is 0 Å². The lowest BCUT2D eigenvalue weighted by atomic mass is 10.1. The highest BCUT2D eigenvalue weighted by atomic mass is 127. The van der Waals surface area contributed by atoms with Gasteiger partial charge in [0.2, 0.25) is 0 Å². The fourth-order valence-electron chi connectivity index (χ4n) is 2.90. The van der Waals surface area contributed by atoms with Crippen molar-refractivity contribution in [3.05, 3.63) is 39.4 Å². The van der Waals surface area contributed by atoms with Crippen LogP contribution in [0, 0.1) is 13.8 Å². The maximum atomic E-state index is 4.47. The predicted octanol–water partition coefficient (Wildman–Crippen LogP) is 3.01. The molecule has 2 aromatic rings. The van der Waals surface area contributed by atoms with Crippen LogP contribution in [0.2, 0.25) is 0 Å². The van der Waals surface area contributed by atoms with Gasteiger partial charge in [-0.3, -0.25) is 9.67 Å². The van der Waals surface area contributed by atoms with Crippen molar-refractivity contribution < 1.29 is 0 Å². The first-order chi connectivity index (χ1) is 11.3. The lowest BCUT2D eigenvalue weighted by Crippen LogP contribution is -2.39. The average Bonchev–Trinajstić information content (AvgIpc) is 2.95. The quantitative estimate of drug-likeness (QED) is 0.373. The Bertz CT molecular complexity index is 734. The topological polar surface area (TPSA) is 50.4 Å². The van der Waals surface area contributed by atoms with E-state index in [1.807, 2.05) is 18.8 Å². The second-order valence-corrected chi connectivity index (χ2v) is 7.03.